The summed E-state index contributed by atoms with van der Waals surface area (Å²) in [5, 5.41) is 69.4. The average molecular weight is 754 g/mol. The van der Waals surface area contributed by atoms with Crippen LogP contribution in [0.5, 0.6) is 0 Å². The number of carbonyl (C=O) groups is 2. The Labute approximate surface area is 305 Å². The van der Waals surface area contributed by atoms with Crippen LogP contribution in [0.25, 0.3) is 0 Å². The molecule has 0 aromatic carbocycles. The van der Waals surface area contributed by atoms with Crippen molar-refractivity contribution in [2.45, 2.75) is 127 Å². The van der Waals surface area contributed by atoms with Crippen LogP contribution in [0, 0.1) is 17.8 Å². The standard InChI is InChI=1S/C34H63N3O15/c1-16(2)48-12-22-25(9-40)52-28(31(34(22)45)37-19(6)42)14-47-11-21-24(8-39)51-27(30(33(21)44)36-18(5)41)13-46-10-20-23(7-38)50-26(15-49-17(3)4)29(35)32(20)43/h16-17,20-34,38-40,43-45H,7-15,35H2,1-6H3,(H,36,41)(H,37,42). The van der Waals surface area contributed by atoms with Crippen molar-refractivity contribution in [3.8, 4) is 0 Å². The van der Waals surface area contributed by atoms with Gasteiger partial charge in [-0.25, -0.2) is 0 Å². The first kappa shape index (κ1) is 44.8. The Morgan fingerprint density at radius 2 is 0.942 bits per heavy atom. The molecule has 52 heavy (non-hydrogen) atoms. The minimum Gasteiger partial charge on any atom is -0.394 e. The smallest absolute Gasteiger partial charge is 0.217 e. The van der Waals surface area contributed by atoms with E-state index in [-0.39, 0.29) is 51.8 Å². The van der Waals surface area contributed by atoms with E-state index < -0.39 is 122 Å². The van der Waals surface area contributed by atoms with Crippen molar-refractivity contribution in [2.24, 2.45) is 23.5 Å². The van der Waals surface area contributed by atoms with Crippen molar-refractivity contribution in [3.63, 3.8) is 0 Å². The number of ether oxygens (including phenoxy) is 7. The molecule has 10 N–H and O–H groups in total. The molecule has 3 saturated heterocycles. The van der Waals surface area contributed by atoms with Gasteiger partial charge in [-0.2, -0.15) is 0 Å². The zero-order valence-corrected chi connectivity index (χ0v) is 31.1. The first-order valence-electron chi connectivity index (χ1n) is 18.1. The number of amides is 2. The fraction of sp³-hybridized carbons (Fsp3) is 0.941. The van der Waals surface area contributed by atoms with E-state index in [0.717, 1.165) is 0 Å². The second-order valence-corrected chi connectivity index (χ2v) is 14.5. The van der Waals surface area contributed by atoms with E-state index in [9.17, 15) is 40.2 Å². The second-order valence-electron chi connectivity index (χ2n) is 14.5. The molecule has 3 fully saturated rings. The molecule has 0 aromatic heterocycles. The fourth-order valence-electron chi connectivity index (χ4n) is 7.02. The molecular weight excluding hydrogens is 690 g/mol. The van der Waals surface area contributed by atoms with Crippen LogP contribution in [-0.2, 0) is 42.7 Å². The molecule has 0 aromatic rings. The van der Waals surface area contributed by atoms with E-state index in [1.54, 1.807) is 0 Å². The largest absolute Gasteiger partial charge is 0.394 e. The van der Waals surface area contributed by atoms with Gasteiger partial charge >= 0.3 is 0 Å². The van der Waals surface area contributed by atoms with Crippen LogP contribution in [0.4, 0.5) is 0 Å². The second kappa shape index (κ2) is 21.5. The predicted octanol–water partition coefficient (Wildman–Crippen LogP) is -3.58. The Morgan fingerprint density at radius 1 is 0.577 bits per heavy atom. The summed E-state index contributed by atoms with van der Waals surface area (Å²) in [7, 11) is 0. The van der Waals surface area contributed by atoms with Crippen molar-refractivity contribution in [1.82, 2.24) is 10.6 Å². The highest BCUT2D eigenvalue weighted by Crippen LogP contribution is 2.31. The van der Waals surface area contributed by atoms with Crippen LogP contribution in [0.1, 0.15) is 41.5 Å². The van der Waals surface area contributed by atoms with Gasteiger partial charge in [-0.3, -0.25) is 9.59 Å². The van der Waals surface area contributed by atoms with E-state index in [1.807, 2.05) is 27.7 Å². The first-order chi connectivity index (χ1) is 24.6. The quantitative estimate of drug-likeness (QED) is 0.0617. The van der Waals surface area contributed by atoms with E-state index >= 15 is 0 Å². The van der Waals surface area contributed by atoms with Crippen molar-refractivity contribution in [3.05, 3.63) is 0 Å². The van der Waals surface area contributed by atoms with E-state index in [2.05, 4.69) is 10.6 Å². The third kappa shape index (κ3) is 12.2. The summed E-state index contributed by atoms with van der Waals surface area (Å²) >= 11 is 0. The molecule has 3 aliphatic rings. The topological polar surface area (TPSA) is 270 Å². The maximum atomic E-state index is 12.2. The third-order valence-corrected chi connectivity index (χ3v) is 9.84. The van der Waals surface area contributed by atoms with Crippen LogP contribution in [0.15, 0.2) is 0 Å². The van der Waals surface area contributed by atoms with E-state index in [0.29, 0.717) is 0 Å². The highest BCUT2D eigenvalue weighted by molar-refractivity contribution is 5.73. The lowest BCUT2D eigenvalue weighted by molar-refractivity contribution is -0.216. The molecule has 304 valence electrons. The number of carbonyl (C=O) groups excluding carboxylic acids is 2. The van der Waals surface area contributed by atoms with Gasteiger partial charge < -0.3 is 80.2 Å². The molecule has 15 atom stereocenters. The highest BCUT2D eigenvalue weighted by Gasteiger charge is 2.49. The Kier molecular flexibility index (Phi) is 18.5. The van der Waals surface area contributed by atoms with E-state index in [4.69, 9.17) is 38.9 Å². The summed E-state index contributed by atoms with van der Waals surface area (Å²) in [6.07, 6.45) is -8.73. The molecular formula is C34H63N3O15. The number of nitrogens with one attached hydrogen (secondary N) is 2. The van der Waals surface area contributed by atoms with Crippen LogP contribution < -0.4 is 16.4 Å². The van der Waals surface area contributed by atoms with Crippen LogP contribution in [0.3, 0.4) is 0 Å². The van der Waals surface area contributed by atoms with Gasteiger partial charge in [-0.05, 0) is 27.7 Å². The highest BCUT2D eigenvalue weighted by atomic mass is 16.6. The molecule has 0 saturated carbocycles. The Hall–Kier alpha value is -1.62. The summed E-state index contributed by atoms with van der Waals surface area (Å²) in [6.45, 7) is 8.27. The van der Waals surface area contributed by atoms with Crippen molar-refractivity contribution in [1.29, 1.82) is 0 Å². The maximum absolute atomic E-state index is 12.2. The lowest BCUT2D eigenvalue weighted by atomic mass is 9.85. The van der Waals surface area contributed by atoms with Gasteiger partial charge in [-0.15, -0.1) is 0 Å². The van der Waals surface area contributed by atoms with Gasteiger partial charge in [0.1, 0.15) is 12.2 Å². The molecule has 0 aliphatic carbocycles. The van der Waals surface area contributed by atoms with Gasteiger partial charge in [0.05, 0.1) is 133 Å². The minimum atomic E-state index is -1.28. The van der Waals surface area contributed by atoms with Crippen LogP contribution >= 0.6 is 0 Å². The molecule has 2 amide bonds. The van der Waals surface area contributed by atoms with Crippen molar-refractivity contribution in [2.75, 3.05) is 59.5 Å². The summed E-state index contributed by atoms with van der Waals surface area (Å²) in [5.74, 6) is -3.05. The number of hydrogen-bond donors (Lipinski definition) is 9. The van der Waals surface area contributed by atoms with Gasteiger partial charge in [0.25, 0.3) is 0 Å². The zero-order valence-electron chi connectivity index (χ0n) is 31.1. The Bertz CT molecular complexity index is 1070. The zero-order chi connectivity index (χ0) is 38.7. The molecule has 0 bridgehead atoms. The molecule has 3 rings (SSSR count). The van der Waals surface area contributed by atoms with Crippen molar-refractivity contribution >= 4 is 11.8 Å². The van der Waals surface area contributed by atoms with Crippen LogP contribution in [0.2, 0.25) is 0 Å². The minimum absolute atomic E-state index is 0.0804. The number of rotatable bonds is 19. The Balaban J connectivity index is 1.65. The van der Waals surface area contributed by atoms with Gasteiger partial charge in [0.2, 0.25) is 11.8 Å². The van der Waals surface area contributed by atoms with E-state index in [1.165, 1.54) is 13.8 Å². The van der Waals surface area contributed by atoms with Crippen LogP contribution in [-0.4, -0.2) is 187 Å². The Morgan fingerprint density at radius 3 is 1.33 bits per heavy atom. The number of hydrogen-bond acceptors (Lipinski definition) is 16. The maximum Gasteiger partial charge on any atom is 0.217 e. The molecule has 0 spiro atoms. The van der Waals surface area contributed by atoms with Gasteiger partial charge in [0.15, 0.2) is 0 Å². The average Bonchev–Trinajstić information content (AvgIpc) is 3.08. The first-order valence-corrected chi connectivity index (χ1v) is 18.1. The SMILES string of the molecule is CC(=O)NC1C(COCC2C(CO)OC(COC(C)C)C(N)C2O)OC(CO)C(COCC2OC(CO)C(COC(C)C)C(O)C2NC(C)=O)C1O. The normalized spacial score (nSPS) is 38.4. The summed E-state index contributed by atoms with van der Waals surface area (Å²) in [6, 6.07) is -2.70. The predicted molar refractivity (Wildman–Crippen MR) is 183 cm³/mol. The summed E-state index contributed by atoms with van der Waals surface area (Å²) in [5.41, 5.74) is 6.25. The lowest BCUT2D eigenvalue weighted by Gasteiger charge is -2.46. The molecule has 18 nitrogen and oxygen atoms in total. The summed E-state index contributed by atoms with van der Waals surface area (Å²) in [4.78, 5) is 24.3. The summed E-state index contributed by atoms with van der Waals surface area (Å²) < 4.78 is 41.3. The third-order valence-electron chi connectivity index (χ3n) is 9.84. The number of aliphatic hydroxyl groups excluding tert-OH is 6. The van der Waals surface area contributed by atoms with Gasteiger partial charge in [0, 0.05) is 31.6 Å². The van der Waals surface area contributed by atoms with Crippen molar-refractivity contribution < 1.29 is 73.4 Å². The lowest BCUT2D eigenvalue weighted by Crippen LogP contribution is -2.65. The van der Waals surface area contributed by atoms with Gasteiger partial charge in [-0.1, -0.05) is 0 Å². The fourth-order valence-corrected chi connectivity index (χ4v) is 7.02. The molecule has 3 aliphatic heterocycles. The molecule has 15 unspecified atom stereocenters. The monoisotopic (exact) mass is 753 g/mol. The molecule has 3 heterocycles. The molecule has 0 radical (unpaired) electrons. The molecule has 18 heteroatoms. The number of aliphatic hydroxyl groups is 6. The number of nitrogens with two attached hydrogens (primary N) is 1.